The molecule has 1 N–H and O–H groups in total. The van der Waals surface area contributed by atoms with Gasteiger partial charge < -0.3 is 9.84 Å². The molecule has 0 atom stereocenters. The average Bonchev–Trinajstić information content (AvgIpc) is 2.37. The third-order valence-electron chi connectivity index (χ3n) is 2.08. The van der Waals surface area contributed by atoms with Crippen molar-refractivity contribution in [1.29, 1.82) is 0 Å². The topological polar surface area (TPSA) is 59.4 Å². The van der Waals surface area contributed by atoms with Crippen LogP contribution in [0.5, 0.6) is 11.5 Å². The molecule has 0 spiro atoms. The van der Waals surface area contributed by atoms with Crippen LogP contribution in [0.15, 0.2) is 36.5 Å². The van der Waals surface area contributed by atoms with E-state index in [0.717, 1.165) is 12.1 Å². The number of pyridine rings is 1. The molecule has 2 aromatic rings. The summed E-state index contributed by atoms with van der Waals surface area (Å²) in [5.74, 6) is -2.45. The minimum Gasteiger partial charge on any atom is -0.506 e. The van der Waals surface area contributed by atoms with Crippen LogP contribution in [0.3, 0.4) is 0 Å². The highest BCUT2D eigenvalue weighted by Crippen LogP contribution is 2.30. The van der Waals surface area contributed by atoms with E-state index in [1.807, 2.05) is 0 Å². The molecule has 1 aromatic carbocycles. The van der Waals surface area contributed by atoms with Gasteiger partial charge in [-0.3, -0.25) is 0 Å². The number of benzene rings is 1. The van der Waals surface area contributed by atoms with Gasteiger partial charge in [0.1, 0.15) is 11.4 Å². The van der Waals surface area contributed by atoms with Crippen LogP contribution in [0.4, 0.5) is 4.39 Å². The van der Waals surface area contributed by atoms with Crippen molar-refractivity contribution in [2.24, 2.45) is 0 Å². The number of rotatable bonds is 2. The fourth-order valence-corrected chi connectivity index (χ4v) is 1.38. The Morgan fingerprint density at radius 1 is 1.39 bits per heavy atom. The molecule has 6 heteroatoms. The first-order chi connectivity index (χ1) is 8.58. The predicted octanol–water partition coefficient (Wildman–Crippen LogP) is 2.80. The Labute approximate surface area is 107 Å². The number of aromatic hydroxyl groups is 1. The van der Waals surface area contributed by atoms with Crippen LogP contribution in [0.1, 0.15) is 10.5 Å². The van der Waals surface area contributed by atoms with Crippen LogP contribution in [0, 0.1) is 5.82 Å². The molecule has 0 aliphatic heterocycles. The zero-order chi connectivity index (χ0) is 13.1. The quantitative estimate of drug-likeness (QED) is 0.671. The second kappa shape index (κ2) is 5.01. The minimum atomic E-state index is -0.845. The smallest absolute Gasteiger partial charge is 0.362 e. The van der Waals surface area contributed by atoms with Crippen LogP contribution in [0.25, 0.3) is 0 Å². The van der Waals surface area contributed by atoms with Gasteiger partial charge in [-0.05, 0) is 12.1 Å². The maximum Gasteiger partial charge on any atom is 0.362 e. The van der Waals surface area contributed by atoms with Crippen LogP contribution in [0.2, 0.25) is 5.02 Å². The van der Waals surface area contributed by atoms with E-state index < -0.39 is 17.5 Å². The average molecular weight is 268 g/mol. The molecule has 0 amide bonds. The van der Waals surface area contributed by atoms with E-state index >= 15 is 0 Å². The summed E-state index contributed by atoms with van der Waals surface area (Å²) in [5.41, 5.74) is 0.0336. The molecular weight excluding hydrogens is 261 g/mol. The Morgan fingerprint density at radius 2 is 2.17 bits per heavy atom. The van der Waals surface area contributed by atoms with Crippen molar-refractivity contribution in [3.8, 4) is 11.5 Å². The molecule has 0 bridgehead atoms. The number of halogens is 2. The van der Waals surface area contributed by atoms with E-state index in [0.29, 0.717) is 0 Å². The third kappa shape index (κ3) is 2.57. The van der Waals surface area contributed by atoms with Crippen molar-refractivity contribution in [1.82, 2.24) is 4.98 Å². The predicted molar refractivity (Wildman–Crippen MR) is 62.3 cm³/mol. The molecule has 0 aliphatic carbocycles. The minimum absolute atomic E-state index is 0.0336. The molecule has 1 heterocycles. The molecule has 92 valence electrons. The first-order valence-electron chi connectivity index (χ1n) is 4.89. The zero-order valence-corrected chi connectivity index (χ0v) is 9.69. The Hall–Kier alpha value is -2.14. The molecule has 0 unspecified atom stereocenters. The van der Waals surface area contributed by atoms with Gasteiger partial charge in [0.2, 0.25) is 0 Å². The van der Waals surface area contributed by atoms with Gasteiger partial charge in [0.05, 0.1) is 5.02 Å². The highest BCUT2D eigenvalue weighted by atomic mass is 35.5. The summed E-state index contributed by atoms with van der Waals surface area (Å²) >= 11 is 5.50. The van der Waals surface area contributed by atoms with E-state index in [9.17, 15) is 14.3 Å². The zero-order valence-electron chi connectivity index (χ0n) is 8.93. The van der Waals surface area contributed by atoms with Crippen molar-refractivity contribution < 1.29 is 19.0 Å². The number of aromatic nitrogens is 1. The molecule has 0 aliphatic rings. The highest BCUT2D eigenvalue weighted by molar-refractivity contribution is 6.32. The van der Waals surface area contributed by atoms with Crippen LogP contribution < -0.4 is 4.74 Å². The van der Waals surface area contributed by atoms with Gasteiger partial charge in [-0.1, -0.05) is 17.7 Å². The molecular formula is C12H7ClFNO3. The summed E-state index contributed by atoms with van der Waals surface area (Å²) < 4.78 is 18.2. The van der Waals surface area contributed by atoms with Crippen molar-refractivity contribution in [2.45, 2.75) is 0 Å². The van der Waals surface area contributed by atoms with Gasteiger partial charge in [-0.25, -0.2) is 14.2 Å². The number of nitrogens with zero attached hydrogens (tertiary/aromatic N) is 1. The number of carbonyl (C=O) groups excluding carboxylic acids is 1. The molecule has 18 heavy (non-hydrogen) atoms. The normalized spacial score (nSPS) is 10.1. The number of hydrogen-bond acceptors (Lipinski definition) is 4. The van der Waals surface area contributed by atoms with Gasteiger partial charge in [0.15, 0.2) is 11.6 Å². The van der Waals surface area contributed by atoms with Gasteiger partial charge in [-0.2, -0.15) is 0 Å². The molecule has 0 saturated carbocycles. The Morgan fingerprint density at radius 3 is 2.83 bits per heavy atom. The number of phenols is 1. The lowest BCUT2D eigenvalue weighted by atomic mass is 10.3. The van der Waals surface area contributed by atoms with Crippen LogP contribution >= 0.6 is 11.6 Å². The number of phenolic OH excluding ortho intramolecular Hbond substituents is 1. The van der Waals surface area contributed by atoms with Crippen molar-refractivity contribution in [3.05, 3.63) is 53.1 Å². The van der Waals surface area contributed by atoms with Gasteiger partial charge in [0, 0.05) is 18.3 Å². The van der Waals surface area contributed by atoms with Crippen molar-refractivity contribution in [3.63, 3.8) is 0 Å². The van der Waals surface area contributed by atoms with E-state index in [-0.39, 0.29) is 16.5 Å². The fourth-order valence-electron chi connectivity index (χ4n) is 1.23. The first-order valence-corrected chi connectivity index (χ1v) is 5.27. The van der Waals surface area contributed by atoms with Gasteiger partial charge >= 0.3 is 5.97 Å². The second-order valence-electron chi connectivity index (χ2n) is 3.34. The van der Waals surface area contributed by atoms with E-state index in [2.05, 4.69) is 4.98 Å². The van der Waals surface area contributed by atoms with Crippen molar-refractivity contribution in [2.75, 3.05) is 0 Å². The summed E-state index contributed by atoms with van der Waals surface area (Å²) in [4.78, 5) is 15.4. The van der Waals surface area contributed by atoms with Crippen molar-refractivity contribution >= 4 is 17.6 Å². The Balaban J connectivity index is 2.25. The largest absolute Gasteiger partial charge is 0.506 e. The Bertz CT molecular complexity index is 589. The van der Waals surface area contributed by atoms with Crippen LogP contribution in [-0.2, 0) is 0 Å². The first kappa shape index (κ1) is 12.3. The lowest BCUT2D eigenvalue weighted by Crippen LogP contribution is -2.11. The summed E-state index contributed by atoms with van der Waals surface area (Å²) in [6.07, 6.45) is 1.41. The maximum absolute atomic E-state index is 13.4. The van der Waals surface area contributed by atoms with Gasteiger partial charge in [-0.15, -0.1) is 0 Å². The summed E-state index contributed by atoms with van der Waals surface area (Å²) in [7, 11) is 0. The van der Waals surface area contributed by atoms with E-state index in [1.54, 1.807) is 12.1 Å². The van der Waals surface area contributed by atoms with Gasteiger partial charge in [0.25, 0.3) is 0 Å². The van der Waals surface area contributed by atoms with E-state index in [4.69, 9.17) is 16.3 Å². The summed E-state index contributed by atoms with van der Waals surface area (Å²) in [6, 6.07) is 6.44. The summed E-state index contributed by atoms with van der Waals surface area (Å²) in [6.45, 7) is 0. The molecule has 1 aromatic heterocycles. The molecule has 0 radical (unpaired) electrons. The second-order valence-corrected chi connectivity index (χ2v) is 3.75. The van der Waals surface area contributed by atoms with E-state index in [1.165, 1.54) is 12.3 Å². The highest BCUT2D eigenvalue weighted by Gasteiger charge is 2.15. The molecule has 0 saturated heterocycles. The van der Waals surface area contributed by atoms with Crippen LogP contribution in [-0.4, -0.2) is 16.1 Å². The monoisotopic (exact) mass is 267 g/mol. The number of hydrogen-bond donors (Lipinski definition) is 1. The lowest BCUT2D eigenvalue weighted by molar-refractivity contribution is 0.0721. The summed E-state index contributed by atoms with van der Waals surface area (Å²) in [5, 5.41) is 9.14. The SMILES string of the molecule is O=C(Oc1cc(O)c(Cl)cc1F)c1ccccn1. The maximum atomic E-state index is 13.4. The standard InChI is InChI=1S/C12H7ClFNO3/c13-7-5-8(14)11(6-10(7)16)18-12(17)9-3-1-2-4-15-9/h1-6,16H. The lowest BCUT2D eigenvalue weighted by Gasteiger charge is -2.06. The Kier molecular flexibility index (Phi) is 3.43. The fraction of sp³-hybridized carbons (Fsp3) is 0. The molecule has 0 fully saturated rings. The molecule has 2 rings (SSSR count). The molecule has 4 nitrogen and oxygen atoms in total. The number of carbonyl (C=O) groups is 1. The number of esters is 1. The third-order valence-corrected chi connectivity index (χ3v) is 2.38. The number of ether oxygens (including phenoxy) is 1.